The van der Waals surface area contributed by atoms with E-state index in [4.69, 9.17) is 0 Å². The molecule has 1 atom stereocenters. The maximum Gasteiger partial charge on any atom is 0.329 e. The first-order valence-corrected chi connectivity index (χ1v) is 7.77. The highest BCUT2D eigenvalue weighted by atomic mass is 16.4. The van der Waals surface area contributed by atoms with Crippen LogP contribution in [0.5, 0.6) is 0 Å². The molecule has 21 heavy (non-hydrogen) atoms. The highest BCUT2D eigenvalue weighted by Crippen LogP contribution is 2.29. The van der Waals surface area contributed by atoms with Crippen molar-refractivity contribution < 1.29 is 14.7 Å². The van der Waals surface area contributed by atoms with Crippen molar-refractivity contribution in [3.8, 4) is 0 Å². The van der Waals surface area contributed by atoms with Gasteiger partial charge in [0, 0.05) is 19.6 Å². The van der Waals surface area contributed by atoms with Gasteiger partial charge in [0.05, 0.1) is 0 Å². The van der Waals surface area contributed by atoms with Gasteiger partial charge in [-0.25, -0.2) is 9.59 Å². The van der Waals surface area contributed by atoms with E-state index < -0.39 is 11.5 Å². The van der Waals surface area contributed by atoms with Gasteiger partial charge in [-0.15, -0.1) is 0 Å². The van der Waals surface area contributed by atoms with Crippen LogP contribution < -0.4 is 0 Å². The number of hydrogen-bond donors (Lipinski definition) is 1. The molecule has 122 valence electrons. The quantitative estimate of drug-likeness (QED) is 0.811. The summed E-state index contributed by atoms with van der Waals surface area (Å²) in [6.07, 6.45) is 3.16. The number of carboxylic acids is 1. The molecule has 0 aliphatic carbocycles. The number of carbonyl (C=O) groups excluding carboxylic acids is 1. The molecule has 6 nitrogen and oxygen atoms in total. The molecule has 6 heteroatoms. The summed E-state index contributed by atoms with van der Waals surface area (Å²) in [5.74, 6) is -0.903. The highest BCUT2D eigenvalue weighted by Gasteiger charge is 2.44. The fraction of sp³-hybridized carbons (Fsp3) is 0.867. The van der Waals surface area contributed by atoms with Gasteiger partial charge in [0.2, 0.25) is 0 Å². The molecule has 1 aliphatic rings. The van der Waals surface area contributed by atoms with E-state index in [1.54, 1.807) is 16.7 Å². The van der Waals surface area contributed by atoms with E-state index >= 15 is 0 Å². The lowest BCUT2D eigenvalue weighted by Crippen LogP contribution is -2.60. The molecule has 0 aromatic rings. The second-order valence-electron chi connectivity index (χ2n) is 6.21. The Kier molecular flexibility index (Phi) is 6.45. The number of nitrogens with zero attached hydrogens (tertiary/aromatic N) is 3. The summed E-state index contributed by atoms with van der Waals surface area (Å²) in [6, 6.07) is -0.138. The fourth-order valence-corrected chi connectivity index (χ4v) is 2.79. The van der Waals surface area contributed by atoms with E-state index in [2.05, 4.69) is 4.90 Å². The zero-order chi connectivity index (χ0) is 16.0. The minimum absolute atomic E-state index is 0.138. The zero-order valence-corrected chi connectivity index (χ0v) is 13.8. The van der Waals surface area contributed by atoms with Crippen LogP contribution in [-0.2, 0) is 4.79 Å². The minimum atomic E-state index is -1.07. The first-order chi connectivity index (χ1) is 9.82. The molecule has 1 saturated heterocycles. The summed E-state index contributed by atoms with van der Waals surface area (Å²) in [6.45, 7) is 6.33. The predicted octanol–water partition coefficient (Wildman–Crippen LogP) is 1.71. The highest BCUT2D eigenvalue weighted by molar-refractivity contribution is 5.86. The van der Waals surface area contributed by atoms with Gasteiger partial charge in [-0.3, -0.25) is 0 Å². The molecule has 0 spiro atoms. The smallest absolute Gasteiger partial charge is 0.329 e. The maximum atomic E-state index is 12.7. The molecule has 2 amide bonds. The molecule has 1 aliphatic heterocycles. The van der Waals surface area contributed by atoms with Crippen molar-refractivity contribution in [1.29, 1.82) is 0 Å². The predicted molar refractivity (Wildman–Crippen MR) is 82.4 cm³/mol. The van der Waals surface area contributed by atoms with E-state index in [0.29, 0.717) is 26.1 Å². The van der Waals surface area contributed by atoms with Gasteiger partial charge < -0.3 is 19.8 Å². The van der Waals surface area contributed by atoms with Crippen molar-refractivity contribution in [2.24, 2.45) is 0 Å². The van der Waals surface area contributed by atoms with Crippen LogP contribution in [0.15, 0.2) is 0 Å². The maximum absolute atomic E-state index is 12.7. The Labute approximate surface area is 127 Å². The number of likely N-dealkylation sites (tertiary alicyclic amines) is 1. The second-order valence-corrected chi connectivity index (χ2v) is 6.21. The summed E-state index contributed by atoms with van der Waals surface area (Å²) in [4.78, 5) is 29.7. The van der Waals surface area contributed by atoms with Gasteiger partial charge >= 0.3 is 12.0 Å². The first-order valence-electron chi connectivity index (χ1n) is 7.77. The molecule has 1 N–H and O–H groups in total. The Bertz CT molecular complexity index is 373. The van der Waals surface area contributed by atoms with Crippen molar-refractivity contribution in [3.63, 3.8) is 0 Å². The summed E-state index contributed by atoms with van der Waals surface area (Å²) in [5, 5.41) is 9.50. The summed E-state index contributed by atoms with van der Waals surface area (Å²) >= 11 is 0. The molecule has 0 aromatic heterocycles. The summed E-state index contributed by atoms with van der Waals surface area (Å²) < 4.78 is 0. The molecule has 0 bridgehead atoms. The zero-order valence-electron chi connectivity index (χ0n) is 13.8. The number of amides is 2. The van der Waals surface area contributed by atoms with Gasteiger partial charge in [0.1, 0.15) is 5.54 Å². The number of carboxylic acid groups (broad SMARTS) is 1. The molecule has 1 rings (SSSR count). The number of piperidine rings is 1. The molecular weight excluding hydrogens is 270 g/mol. The lowest BCUT2D eigenvalue weighted by molar-refractivity contribution is -0.150. The molecule has 1 fully saturated rings. The van der Waals surface area contributed by atoms with Gasteiger partial charge in [-0.1, -0.05) is 0 Å². The van der Waals surface area contributed by atoms with Crippen molar-refractivity contribution in [1.82, 2.24) is 14.7 Å². The third-order valence-corrected chi connectivity index (χ3v) is 4.27. The minimum Gasteiger partial charge on any atom is -0.480 e. The van der Waals surface area contributed by atoms with E-state index in [-0.39, 0.29) is 6.03 Å². The van der Waals surface area contributed by atoms with E-state index in [0.717, 1.165) is 25.8 Å². The van der Waals surface area contributed by atoms with Crippen molar-refractivity contribution >= 4 is 12.0 Å². The summed E-state index contributed by atoms with van der Waals surface area (Å²) in [5.41, 5.74) is -1.07. The van der Waals surface area contributed by atoms with Crippen LogP contribution in [0.4, 0.5) is 4.79 Å². The first kappa shape index (κ1) is 17.8. The number of carbonyl (C=O) groups is 2. The fourth-order valence-electron chi connectivity index (χ4n) is 2.79. The third-order valence-electron chi connectivity index (χ3n) is 4.27. The van der Waals surface area contributed by atoms with Gasteiger partial charge in [-0.05, 0) is 60.2 Å². The molecular formula is C15H29N3O3. The molecule has 0 radical (unpaired) electrons. The Morgan fingerprint density at radius 1 is 1.24 bits per heavy atom. The SMILES string of the molecule is CCN(CCCN(C)C)C(=O)N1CCCCC1(C)C(=O)O. The molecule has 1 unspecified atom stereocenters. The van der Waals surface area contributed by atoms with Crippen molar-refractivity contribution in [3.05, 3.63) is 0 Å². The monoisotopic (exact) mass is 299 g/mol. The van der Waals surface area contributed by atoms with Crippen LogP contribution in [0.1, 0.15) is 39.5 Å². The largest absolute Gasteiger partial charge is 0.480 e. The van der Waals surface area contributed by atoms with Crippen LogP contribution in [0.25, 0.3) is 0 Å². The van der Waals surface area contributed by atoms with E-state index in [9.17, 15) is 14.7 Å². The Balaban J connectivity index is 2.74. The lowest BCUT2D eigenvalue weighted by atomic mass is 9.89. The van der Waals surface area contributed by atoms with Gasteiger partial charge in [-0.2, -0.15) is 0 Å². The normalized spacial score (nSPS) is 22.4. The van der Waals surface area contributed by atoms with E-state index in [1.165, 1.54) is 0 Å². The van der Waals surface area contributed by atoms with Crippen LogP contribution in [0.2, 0.25) is 0 Å². The number of hydrogen-bond acceptors (Lipinski definition) is 3. The Morgan fingerprint density at radius 2 is 1.90 bits per heavy atom. The van der Waals surface area contributed by atoms with E-state index in [1.807, 2.05) is 21.0 Å². The number of urea groups is 1. The van der Waals surface area contributed by atoms with Crippen molar-refractivity contribution in [2.45, 2.75) is 45.1 Å². The molecule has 1 heterocycles. The average Bonchev–Trinajstić information content (AvgIpc) is 2.43. The Morgan fingerprint density at radius 3 is 2.43 bits per heavy atom. The summed E-state index contributed by atoms with van der Waals surface area (Å²) in [7, 11) is 4.01. The van der Waals surface area contributed by atoms with Gasteiger partial charge in [0.25, 0.3) is 0 Å². The third kappa shape index (κ3) is 4.33. The van der Waals surface area contributed by atoms with Crippen LogP contribution in [0, 0.1) is 0 Å². The van der Waals surface area contributed by atoms with Gasteiger partial charge in [0.15, 0.2) is 0 Å². The topological polar surface area (TPSA) is 64.1 Å². The van der Waals surface area contributed by atoms with Crippen LogP contribution in [0.3, 0.4) is 0 Å². The number of rotatable bonds is 6. The number of aliphatic carboxylic acids is 1. The Hall–Kier alpha value is -1.30. The standard InChI is InChI=1S/C15H29N3O3/c1-5-17(11-8-10-16(3)4)14(21)18-12-7-6-9-15(18,2)13(19)20/h5-12H2,1-4H3,(H,19,20). The average molecular weight is 299 g/mol. The second kappa shape index (κ2) is 7.64. The molecule has 0 aromatic carbocycles. The van der Waals surface area contributed by atoms with Crippen LogP contribution in [-0.4, -0.2) is 77.6 Å². The lowest BCUT2D eigenvalue weighted by Gasteiger charge is -2.43. The molecule has 0 saturated carbocycles. The van der Waals surface area contributed by atoms with Crippen LogP contribution >= 0.6 is 0 Å². The van der Waals surface area contributed by atoms with Crippen molar-refractivity contribution in [2.75, 3.05) is 40.3 Å².